The van der Waals surface area contributed by atoms with Gasteiger partial charge in [-0.3, -0.25) is 0 Å². The molecule has 0 amide bonds. The number of unbranched alkanes of at least 4 members (excludes halogenated alkanes) is 1. The summed E-state index contributed by atoms with van der Waals surface area (Å²) in [5.41, 5.74) is 2.36. The van der Waals surface area contributed by atoms with Gasteiger partial charge in [0.25, 0.3) is 0 Å². The molecule has 0 spiro atoms. The van der Waals surface area contributed by atoms with Crippen LogP contribution in [0.15, 0.2) is 30.5 Å². The van der Waals surface area contributed by atoms with Crippen LogP contribution in [0.1, 0.15) is 32.3 Å². The summed E-state index contributed by atoms with van der Waals surface area (Å²) >= 11 is 0. The van der Waals surface area contributed by atoms with Gasteiger partial charge < -0.3 is 4.90 Å². The highest BCUT2D eigenvalue weighted by Gasteiger charge is 2.05. The third kappa shape index (κ3) is 3.77. The molecule has 1 rings (SSSR count). The van der Waals surface area contributed by atoms with E-state index in [0.29, 0.717) is 0 Å². The van der Waals surface area contributed by atoms with Gasteiger partial charge in [-0.2, -0.15) is 0 Å². The predicted molar refractivity (Wildman–Crippen MR) is 76.9 cm³/mol. The van der Waals surface area contributed by atoms with E-state index in [1.807, 2.05) is 12.1 Å². The number of hydrogen-bond donors (Lipinski definition) is 0. The van der Waals surface area contributed by atoms with E-state index in [1.54, 1.807) is 0 Å². The summed E-state index contributed by atoms with van der Waals surface area (Å²) in [6.07, 6.45) is 2.40. The van der Waals surface area contributed by atoms with Crippen molar-refractivity contribution in [2.45, 2.75) is 33.2 Å². The van der Waals surface area contributed by atoms with Gasteiger partial charge >= 0.3 is 0 Å². The summed E-state index contributed by atoms with van der Waals surface area (Å²) in [6, 6.07) is 6.17. The lowest BCUT2D eigenvalue weighted by Gasteiger charge is -2.25. The van der Waals surface area contributed by atoms with Crippen LogP contribution in [0.25, 0.3) is 13.2 Å². The smallest absolute Gasteiger partial charge is 0.0432 e. The van der Waals surface area contributed by atoms with Gasteiger partial charge in [-0.1, -0.05) is 51.3 Å². The zero-order chi connectivity index (χ0) is 12.8. The molecule has 1 nitrogen and oxygen atoms in total. The van der Waals surface area contributed by atoms with Crippen LogP contribution in [0.3, 0.4) is 0 Å². The third-order valence-electron chi connectivity index (χ3n) is 3.05. The van der Waals surface area contributed by atoms with E-state index >= 15 is 0 Å². The Morgan fingerprint density at radius 1 is 1.29 bits per heavy atom. The molecule has 92 valence electrons. The van der Waals surface area contributed by atoms with E-state index in [1.165, 1.54) is 18.4 Å². The van der Waals surface area contributed by atoms with Gasteiger partial charge in [-0.05, 0) is 29.3 Å². The van der Waals surface area contributed by atoms with Crippen molar-refractivity contribution in [1.82, 2.24) is 4.90 Å². The molecule has 0 atom stereocenters. The summed E-state index contributed by atoms with van der Waals surface area (Å²) in [5.74, 6) is 0. The molecule has 0 fully saturated rings. The maximum absolute atomic E-state index is 4.09. The Morgan fingerprint density at radius 2 is 2.00 bits per heavy atom. The van der Waals surface area contributed by atoms with Crippen LogP contribution in [0, 0.1) is 0 Å². The van der Waals surface area contributed by atoms with Crippen LogP contribution in [-0.2, 0) is 6.54 Å². The summed E-state index contributed by atoms with van der Waals surface area (Å²) in [6.45, 7) is 18.4. The van der Waals surface area contributed by atoms with E-state index < -0.39 is 0 Å². The molecular formula is C16H23N. The molecule has 0 bridgehead atoms. The van der Waals surface area contributed by atoms with Gasteiger partial charge in [0, 0.05) is 18.8 Å². The van der Waals surface area contributed by atoms with Gasteiger partial charge in [0.15, 0.2) is 0 Å². The molecule has 0 saturated heterocycles. The lowest BCUT2D eigenvalue weighted by molar-refractivity contribution is 0.331. The van der Waals surface area contributed by atoms with Crippen molar-refractivity contribution in [3.63, 3.8) is 0 Å². The van der Waals surface area contributed by atoms with Crippen molar-refractivity contribution in [2.24, 2.45) is 0 Å². The molecule has 0 heterocycles. The van der Waals surface area contributed by atoms with Crippen molar-refractivity contribution in [3.8, 4) is 0 Å². The fourth-order valence-corrected chi connectivity index (χ4v) is 1.80. The van der Waals surface area contributed by atoms with Crippen LogP contribution in [0.5, 0.6) is 0 Å². The van der Waals surface area contributed by atoms with Gasteiger partial charge in [0.2, 0.25) is 0 Å². The average Bonchev–Trinajstić information content (AvgIpc) is 2.29. The lowest BCUT2D eigenvalue weighted by atomic mass is 10.1. The highest BCUT2D eigenvalue weighted by Crippen LogP contribution is 2.07. The molecule has 1 aromatic carbocycles. The molecule has 0 saturated carbocycles. The zero-order valence-electron chi connectivity index (χ0n) is 11.1. The molecule has 0 radical (unpaired) electrons. The normalized spacial score (nSPS) is 10.2. The minimum atomic E-state index is 0.886. The molecule has 1 heteroatoms. The number of hydrogen-bond acceptors (Lipinski definition) is 1. The molecule has 0 aliphatic rings. The van der Waals surface area contributed by atoms with Crippen LogP contribution in [-0.4, -0.2) is 11.4 Å². The quantitative estimate of drug-likeness (QED) is 0.725. The first-order valence-corrected chi connectivity index (χ1v) is 6.22. The Morgan fingerprint density at radius 3 is 2.59 bits per heavy atom. The molecule has 0 N–H and O–H groups in total. The van der Waals surface area contributed by atoms with Gasteiger partial charge in [-0.15, -0.1) is 0 Å². The second kappa shape index (κ2) is 6.29. The average molecular weight is 229 g/mol. The summed E-state index contributed by atoms with van der Waals surface area (Å²) in [4.78, 5) is 2.31. The van der Waals surface area contributed by atoms with Crippen molar-refractivity contribution >= 4 is 13.2 Å². The number of allylic oxidation sites excluding steroid dienone is 1. The molecule has 0 unspecified atom stereocenters. The Balaban J connectivity index is 2.86. The first-order valence-electron chi connectivity index (χ1n) is 6.22. The molecule has 0 aromatic heterocycles. The maximum atomic E-state index is 4.09. The van der Waals surface area contributed by atoms with Crippen LogP contribution < -0.4 is 10.4 Å². The zero-order valence-corrected chi connectivity index (χ0v) is 11.1. The highest BCUT2D eigenvalue weighted by atomic mass is 15.1. The largest absolute Gasteiger partial charge is 0.371 e. The van der Waals surface area contributed by atoms with E-state index in [9.17, 15) is 0 Å². The van der Waals surface area contributed by atoms with Crippen LogP contribution in [0.4, 0.5) is 0 Å². The van der Waals surface area contributed by atoms with Crippen LogP contribution >= 0.6 is 0 Å². The van der Waals surface area contributed by atoms with Gasteiger partial charge in [0.05, 0.1) is 0 Å². The molecule has 0 aliphatic heterocycles. The first kappa shape index (κ1) is 13.6. The standard InChI is InChI=1S/C16H23N/c1-6-7-11-17(13(2)3)12-16-10-8-9-14(4)15(16)5/h8-10H,2,4-7,11-12H2,1,3H3. The van der Waals surface area contributed by atoms with Crippen molar-refractivity contribution in [1.29, 1.82) is 0 Å². The van der Waals surface area contributed by atoms with Crippen LogP contribution in [0.2, 0.25) is 0 Å². The van der Waals surface area contributed by atoms with E-state index in [4.69, 9.17) is 0 Å². The number of nitrogens with zero attached hydrogens (tertiary/aromatic N) is 1. The monoisotopic (exact) mass is 229 g/mol. The third-order valence-corrected chi connectivity index (χ3v) is 3.05. The number of rotatable bonds is 6. The fourth-order valence-electron chi connectivity index (χ4n) is 1.80. The maximum Gasteiger partial charge on any atom is 0.0432 e. The van der Waals surface area contributed by atoms with Gasteiger partial charge in [-0.25, -0.2) is 0 Å². The van der Waals surface area contributed by atoms with Gasteiger partial charge in [0.1, 0.15) is 0 Å². The predicted octanol–water partition coefficient (Wildman–Crippen LogP) is 2.64. The molecule has 0 aliphatic carbocycles. The Kier molecular flexibility index (Phi) is 5.02. The molecule has 17 heavy (non-hydrogen) atoms. The van der Waals surface area contributed by atoms with E-state index in [-0.39, 0.29) is 0 Å². The fraction of sp³-hybridized carbons (Fsp3) is 0.375. The Bertz CT molecular complexity index is 473. The SMILES string of the molecule is C=C(C)N(CCCC)Cc1cccc(=C)c1=C. The lowest BCUT2D eigenvalue weighted by Crippen LogP contribution is -2.31. The second-order valence-corrected chi connectivity index (χ2v) is 4.57. The van der Waals surface area contributed by atoms with E-state index in [0.717, 1.165) is 29.2 Å². The Hall–Kier alpha value is -1.50. The minimum Gasteiger partial charge on any atom is -0.371 e. The van der Waals surface area contributed by atoms with Crippen molar-refractivity contribution < 1.29 is 0 Å². The van der Waals surface area contributed by atoms with E-state index in [2.05, 4.69) is 44.6 Å². The van der Waals surface area contributed by atoms with Crippen molar-refractivity contribution in [3.05, 3.63) is 46.5 Å². The topological polar surface area (TPSA) is 3.24 Å². The number of benzene rings is 1. The summed E-state index contributed by atoms with van der Waals surface area (Å²) in [5, 5.41) is 2.06. The van der Waals surface area contributed by atoms with Crippen molar-refractivity contribution in [2.75, 3.05) is 6.54 Å². The summed E-state index contributed by atoms with van der Waals surface area (Å²) in [7, 11) is 0. The second-order valence-electron chi connectivity index (χ2n) is 4.57. The minimum absolute atomic E-state index is 0.886. The Labute approximate surface area is 105 Å². The first-order chi connectivity index (χ1) is 8.06. The highest BCUT2D eigenvalue weighted by molar-refractivity contribution is 5.25. The summed E-state index contributed by atoms with van der Waals surface area (Å²) < 4.78 is 0. The molecule has 1 aromatic rings. The molecular weight excluding hydrogens is 206 g/mol.